The number of fused-ring (bicyclic) bond motifs is 1. The molecule has 0 aliphatic heterocycles. The number of esters is 1. The van der Waals surface area contributed by atoms with Gasteiger partial charge >= 0.3 is 5.97 Å². The number of nitrogens with one attached hydrogen (secondary N) is 1. The van der Waals surface area contributed by atoms with E-state index in [-0.39, 0.29) is 24.6 Å². The van der Waals surface area contributed by atoms with Crippen LogP contribution in [0.5, 0.6) is 0 Å². The SMILES string of the molecule is CCOC(=O)c1cccc(NC(=O)Cn2ccc3sccc3c2=O)c1. The van der Waals surface area contributed by atoms with Crippen LogP contribution < -0.4 is 10.9 Å². The average molecular weight is 356 g/mol. The summed E-state index contributed by atoms with van der Waals surface area (Å²) in [7, 11) is 0. The Bertz CT molecular complexity index is 990. The van der Waals surface area contributed by atoms with Crippen LogP contribution in [0.25, 0.3) is 10.1 Å². The zero-order valence-corrected chi connectivity index (χ0v) is 14.3. The number of anilines is 1. The maximum absolute atomic E-state index is 12.3. The summed E-state index contributed by atoms with van der Waals surface area (Å²) in [6, 6.07) is 10.1. The molecule has 0 radical (unpaired) electrons. The molecule has 25 heavy (non-hydrogen) atoms. The molecule has 0 atom stereocenters. The summed E-state index contributed by atoms with van der Waals surface area (Å²) >= 11 is 1.48. The average Bonchev–Trinajstić information content (AvgIpc) is 3.07. The third kappa shape index (κ3) is 3.77. The molecular formula is C18H16N2O4S. The van der Waals surface area contributed by atoms with Gasteiger partial charge in [0, 0.05) is 16.6 Å². The summed E-state index contributed by atoms with van der Waals surface area (Å²) < 4.78 is 7.19. The molecule has 0 saturated carbocycles. The lowest BCUT2D eigenvalue weighted by molar-refractivity contribution is -0.116. The van der Waals surface area contributed by atoms with Gasteiger partial charge in [0.25, 0.3) is 5.56 Å². The van der Waals surface area contributed by atoms with Gasteiger partial charge in [-0.05, 0) is 42.6 Å². The first kappa shape index (κ1) is 16.9. The van der Waals surface area contributed by atoms with Crippen molar-refractivity contribution in [2.75, 3.05) is 11.9 Å². The fourth-order valence-corrected chi connectivity index (χ4v) is 3.20. The van der Waals surface area contributed by atoms with Gasteiger partial charge in [-0.3, -0.25) is 9.59 Å². The summed E-state index contributed by atoms with van der Waals surface area (Å²) in [6.45, 7) is 1.91. The zero-order chi connectivity index (χ0) is 17.8. The molecule has 1 amide bonds. The molecule has 1 N–H and O–H groups in total. The van der Waals surface area contributed by atoms with Crippen LogP contribution in [0.15, 0.2) is 52.8 Å². The summed E-state index contributed by atoms with van der Waals surface area (Å²) in [5.74, 6) is -0.796. The Morgan fingerprint density at radius 2 is 2.08 bits per heavy atom. The lowest BCUT2D eigenvalue weighted by atomic mass is 10.2. The number of carbonyl (C=O) groups is 2. The minimum atomic E-state index is -0.447. The minimum Gasteiger partial charge on any atom is -0.462 e. The highest BCUT2D eigenvalue weighted by Gasteiger charge is 2.10. The molecule has 0 spiro atoms. The molecule has 0 fully saturated rings. The molecule has 6 nitrogen and oxygen atoms in total. The van der Waals surface area contributed by atoms with Crippen LogP contribution in [0.4, 0.5) is 5.69 Å². The van der Waals surface area contributed by atoms with Crippen molar-refractivity contribution in [1.82, 2.24) is 4.57 Å². The fourth-order valence-electron chi connectivity index (χ4n) is 2.42. The van der Waals surface area contributed by atoms with Gasteiger partial charge in [-0.1, -0.05) is 6.07 Å². The standard InChI is InChI=1S/C18H16N2O4S/c1-2-24-18(23)12-4-3-5-13(10-12)19-16(21)11-20-8-6-15-14(17(20)22)7-9-25-15/h3-10H,2,11H2,1H3,(H,19,21). The minimum absolute atomic E-state index is 0.103. The van der Waals surface area contributed by atoms with Gasteiger partial charge in [0.2, 0.25) is 5.91 Å². The maximum Gasteiger partial charge on any atom is 0.338 e. The first-order valence-electron chi connectivity index (χ1n) is 7.72. The van der Waals surface area contributed by atoms with Gasteiger partial charge in [0.1, 0.15) is 6.54 Å². The number of benzene rings is 1. The number of ether oxygens (including phenoxy) is 1. The number of nitrogens with zero attached hydrogens (tertiary/aromatic N) is 1. The normalized spacial score (nSPS) is 10.6. The third-order valence-corrected chi connectivity index (χ3v) is 4.45. The number of aromatic nitrogens is 1. The number of amides is 1. The Balaban J connectivity index is 1.74. The van der Waals surface area contributed by atoms with E-state index in [1.54, 1.807) is 43.5 Å². The van der Waals surface area contributed by atoms with E-state index in [9.17, 15) is 14.4 Å². The van der Waals surface area contributed by atoms with Gasteiger partial charge in [-0.15, -0.1) is 11.3 Å². The predicted octanol–water partition coefficient (Wildman–Crippen LogP) is 2.88. The largest absolute Gasteiger partial charge is 0.462 e. The molecule has 1 aromatic carbocycles. The molecule has 0 aliphatic carbocycles. The Kier molecular flexibility index (Phi) is 4.95. The van der Waals surface area contributed by atoms with Crippen molar-refractivity contribution in [2.24, 2.45) is 0 Å². The van der Waals surface area contributed by atoms with E-state index in [1.165, 1.54) is 15.9 Å². The van der Waals surface area contributed by atoms with E-state index in [4.69, 9.17) is 4.74 Å². The molecule has 128 valence electrons. The Morgan fingerprint density at radius 1 is 1.24 bits per heavy atom. The number of hydrogen-bond acceptors (Lipinski definition) is 5. The molecule has 0 saturated heterocycles. The zero-order valence-electron chi connectivity index (χ0n) is 13.5. The smallest absolute Gasteiger partial charge is 0.338 e. The number of rotatable bonds is 5. The second-order valence-corrected chi connectivity index (χ2v) is 6.24. The van der Waals surface area contributed by atoms with Crippen LogP contribution in [0.2, 0.25) is 0 Å². The summed E-state index contributed by atoms with van der Waals surface area (Å²) in [5, 5.41) is 5.14. The second kappa shape index (κ2) is 7.31. The lowest BCUT2D eigenvalue weighted by Crippen LogP contribution is -2.27. The van der Waals surface area contributed by atoms with Crippen LogP contribution in [-0.2, 0) is 16.1 Å². The van der Waals surface area contributed by atoms with Crippen LogP contribution in [-0.4, -0.2) is 23.1 Å². The van der Waals surface area contributed by atoms with Crippen molar-refractivity contribution < 1.29 is 14.3 Å². The number of pyridine rings is 1. The molecular weight excluding hydrogens is 340 g/mol. The van der Waals surface area contributed by atoms with Crippen LogP contribution in [0.1, 0.15) is 17.3 Å². The van der Waals surface area contributed by atoms with E-state index in [0.29, 0.717) is 16.6 Å². The molecule has 2 aromatic heterocycles. The van der Waals surface area contributed by atoms with Crippen molar-refractivity contribution in [2.45, 2.75) is 13.5 Å². The van der Waals surface area contributed by atoms with Crippen molar-refractivity contribution in [3.05, 3.63) is 63.9 Å². The number of hydrogen-bond donors (Lipinski definition) is 1. The highest BCUT2D eigenvalue weighted by Crippen LogP contribution is 2.16. The number of thiophene rings is 1. The molecule has 0 bridgehead atoms. The molecule has 0 aliphatic rings. The van der Waals surface area contributed by atoms with E-state index >= 15 is 0 Å². The van der Waals surface area contributed by atoms with Gasteiger partial charge in [0.15, 0.2) is 0 Å². The first-order chi connectivity index (χ1) is 12.1. The van der Waals surface area contributed by atoms with E-state index in [1.807, 2.05) is 11.4 Å². The molecule has 2 heterocycles. The van der Waals surface area contributed by atoms with Crippen LogP contribution in [0, 0.1) is 0 Å². The second-order valence-electron chi connectivity index (χ2n) is 5.30. The van der Waals surface area contributed by atoms with E-state index < -0.39 is 5.97 Å². The fraction of sp³-hybridized carbons (Fsp3) is 0.167. The Labute approximate surface area is 147 Å². The topological polar surface area (TPSA) is 77.4 Å². The van der Waals surface area contributed by atoms with Gasteiger partial charge in [0.05, 0.1) is 17.6 Å². The highest BCUT2D eigenvalue weighted by atomic mass is 32.1. The molecule has 7 heteroatoms. The number of carbonyl (C=O) groups excluding carboxylic acids is 2. The van der Waals surface area contributed by atoms with Crippen LogP contribution >= 0.6 is 11.3 Å². The summed E-state index contributed by atoms with van der Waals surface area (Å²) in [5.41, 5.74) is 0.630. The first-order valence-corrected chi connectivity index (χ1v) is 8.60. The molecule has 3 rings (SSSR count). The monoisotopic (exact) mass is 356 g/mol. The quantitative estimate of drug-likeness (QED) is 0.713. The highest BCUT2D eigenvalue weighted by molar-refractivity contribution is 7.17. The van der Waals surface area contributed by atoms with Crippen molar-refractivity contribution in [1.29, 1.82) is 0 Å². The van der Waals surface area contributed by atoms with E-state index in [2.05, 4.69) is 5.32 Å². The van der Waals surface area contributed by atoms with Crippen LogP contribution in [0.3, 0.4) is 0 Å². The summed E-state index contributed by atoms with van der Waals surface area (Å²) in [4.78, 5) is 36.3. The summed E-state index contributed by atoms with van der Waals surface area (Å²) in [6.07, 6.45) is 1.61. The van der Waals surface area contributed by atoms with Crippen molar-refractivity contribution in [3.8, 4) is 0 Å². The molecule has 3 aromatic rings. The van der Waals surface area contributed by atoms with Crippen molar-refractivity contribution in [3.63, 3.8) is 0 Å². The van der Waals surface area contributed by atoms with Gasteiger partial charge < -0.3 is 14.6 Å². The van der Waals surface area contributed by atoms with Gasteiger partial charge in [-0.25, -0.2) is 4.79 Å². The predicted molar refractivity (Wildman–Crippen MR) is 97.1 cm³/mol. The molecule has 0 unspecified atom stereocenters. The lowest BCUT2D eigenvalue weighted by Gasteiger charge is -2.09. The maximum atomic E-state index is 12.3. The van der Waals surface area contributed by atoms with Gasteiger partial charge in [-0.2, -0.15) is 0 Å². The third-order valence-electron chi connectivity index (χ3n) is 3.56. The van der Waals surface area contributed by atoms with Crippen molar-refractivity contribution >= 4 is 39.0 Å². The Hall–Kier alpha value is -2.93. The Morgan fingerprint density at radius 3 is 2.88 bits per heavy atom. The van der Waals surface area contributed by atoms with E-state index in [0.717, 1.165) is 4.70 Å².